The van der Waals surface area contributed by atoms with Crippen molar-refractivity contribution < 1.29 is 5.73 Å². The molecule has 0 fully saturated rings. The van der Waals surface area contributed by atoms with Gasteiger partial charge in [-0.15, -0.1) is 0 Å². The number of quaternary nitrogens is 1. The van der Waals surface area contributed by atoms with E-state index < -0.39 is 0 Å². The van der Waals surface area contributed by atoms with Crippen molar-refractivity contribution in [1.82, 2.24) is 0 Å². The molecule has 0 aromatic carbocycles. The van der Waals surface area contributed by atoms with Gasteiger partial charge in [0.05, 0.1) is 13.1 Å². The van der Waals surface area contributed by atoms with Crippen molar-refractivity contribution in [2.75, 3.05) is 13.1 Å². The van der Waals surface area contributed by atoms with Gasteiger partial charge in [-0.05, 0) is 6.72 Å². The minimum atomic E-state index is 0.792. The molecule has 0 aliphatic heterocycles. The van der Waals surface area contributed by atoms with Gasteiger partial charge in [0.2, 0.25) is 0 Å². The Morgan fingerprint density at radius 2 is 2.40 bits per heavy atom. The van der Waals surface area contributed by atoms with Crippen LogP contribution in [0.15, 0.2) is 4.99 Å². The Morgan fingerprint density at radius 1 is 1.80 bits per heavy atom. The van der Waals surface area contributed by atoms with Crippen molar-refractivity contribution in [1.29, 1.82) is 0 Å². The van der Waals surface area contributed by atoms with Gasteiger partial charge in [-0.3, -0.25) is 4.99 Å². The third-order valence-electron chi connectivity index (χ3n) is 0.316. The molecule has 0 saturated carbocycles. The first-order valence-corrected chi connectivity index (χ1v) is 1.63. The third kappa shape index (κ3) is 3.63. The zero-order valence-electron chi connectivity index (χ0n) is 3.28. The van der Waals surface area contributed by atoms with E-state index in [2.05, 4.69) is 17.4 Å². The summed E-state index contributed by atoms with van der Waals surface area (Å²) < 4.78 is 0. The number of hydrogen-bond donors (Lipinski definition) is 1. The van der Waals surface area contributed by atoms with Crippen LogP contribution in [0.1, 0.15) is 0 Å². The maximum atomic E-state index is 3.54. The summed E-state index contributed by atoms with van der Waals surface area (Å²) in [5, 5.41) is 0. The van der Waals surface area contributed by atoms with Crippen LogP contribution in [0.4, 0.5) is 0 Å². The van der Waals surface area contributed by atoms with Crippen LogP contribution in [0.25, 0.3) is 0 Å². The molecule has 0 aromatic heterocycles. The van der Waals surface area contributed by atoms with Gasteiger partial charge in [-0.25, -0.2) is 0 Å². The third-order valence-corrected chi connectivity index (χ3v) is 0.316. The fourth-order valence-corrected chi connectivity index (χ4v) is 0.112. The summed E-state index contributed by atoms with van der Waals surface area (Å²) in [5.74, 6) is 0. The van der Waals surface area contributed by atoms with E-state index >= 15 is 0 Å². The number of aliphatic imine (C=N–C) groups is 1. The Morgan fingerprint density at radius 3 is 2.40 bits per heavy atom. The molecule has 0 radical (unpaired) electrons. The van der Waals surface area contributed by atoms with Crippen LogP contribution in [0.2, 0.25) is 0 Å². The highest BCUT2D eigenvalue weighted by molar-refractivity contribution is 5.22. The number of hydrogen-bond acceptors (Lipinski definition) is 1. The van der Waals surface area contributed by atoms with Gasteiger partial charge in [-0.1, -0.05) is 0 Å². The molecule has 0 amide bonds. The van der Waals surface area contributed by atoms with E-state index in [1.807, 2.05) is 0 Å². The minimum absolute atomic E-state index is 0.792. The van der Waals surface area contributed by atoms with Gasteiger partial charge >= 0.3 is 0 Å². The SMILES string of the molecule is C=NCC[NH3+]. The second-order valence-electron chi connectivity index (χ2n) is 0.801. The smallest absolute Gasteiger partial charge is 0.0938 e. The minimum Gasteiger partial charge on any atom is -0.356 e. The Balaban J connectivity index is 2.40. The van der Waals surface area contributed by atoms with Crippen molar-refractivity contribution in [2.24, 2.45) is 4.99 Å². The van der Waals surface area contributed by atoms with Crippen LogP contribution in [-0.4, -0.2) is 19.8 Å². The summed E-state index contributed by atoms with van der Waals surface area (Å²) in [6.45, 7) is 4.92. The van der Waals surface area contributed by atoms with Gasteiger partial charge in [-0.2, -0.15) is 0 Å². The maximum Gasteiger partial charge on any atom is 0.0938 e. The first-order valence-electron chi connectivity index (χ1n) is 1.63. The van der Waals surface area contributed by atoms with E-state index in [9.17, 15) is 0 Å². The molecule has 3 N–H and O–H groups in total. The Bertz CT molecular complexity index is 26.1. The lowest BCUT2D eigenvalue weighted by molar-refractivity contribution is -0.363. The predicted octanol–water partition coefficient (Wildman–Crippen LogP) is -1.07. The summed E-state index contributed by atoms with van der Waals surface area (Å²) in [6.07, 6.45) is 0. The molecule has 2 nitrogen and oxygen atoms in total. The van der Waals surface area contributed by atoms with E-state index in [1.54, 1.807) is 0 Å². The largest absolute Gasteiger partial charge is 0.356 e. The van der Waals surface area contributed by atoms with Crippen LogP contribution in [0.5, 0.6) is 0 Å². The molecule has 0 saturated heterocycles. The van der Waals surface area contributed by atoms with E-state index in [-0.39, 0.29) is 0 Å². The summed E-state index contributed by atoms with van der Waals surface area (Å²) in [5.41, 5.74) is 3.54. The van der Waals surface area contributed by atoms with Gasteiger partial charge in [0.25, 0.3) is 0 Å². The molecule has 0 aromatic rings. The Kier molecular flexibility index (Phi) is 3.36. The summed E-state index contributed by atoms with van der Waals surface area (Å²) >= 11 is 0. The number of rotatable bonds is 2. The Labute approximate surface area is 31.7 Å². The van der Waals surface area contributed by atoms with Crippen LogP contribution < -0.4 is 5.73 Å². The van der Waals surface area contributed by atoms with Gasteiger partial charge in [0.15, 0.2) is 0 Å². The second kappa shape index (κ2) is 3.63. The summed E-state index contributed by atoms with van der Waals surface area (Å²) in [7, 11) is 0. The van der Waals surface area contributed by atoms with Gasteiger partial charge in [0, 0.05) is 0 Å². The molecule has 0 spiro atoms. The fraction of sp³-hybridized carbons (Fsp3) is 0.667. The molecular formula is C3H9N2+. The first kappa shape index (κ1) is 4.63. The summed E-state index contributed by atoms with van der Waals surface area (Å²) in [6, 6.07) is 0. The van der Waals surface area contributed by atoms with E-state index in [0.29, 0.717) is 0 Å². The molecule has 0 bridgehead atoms. The van der Waals surface area contributed by atoms with Crippen molar-refractivity contribution in [3.05, 3.63) is 0 Å². The van der Waals surface area contributed by atoms with Crippen molar-refractivity contribution in [3.8, 4) is 0 Å². The van der Waals surface area contributed by atoms with Crippen LogP contribution in [-0.2, 0) is 0 Å². The standard InChI is InChI=1S/C3H8N2/c1-5-3-2-4/h1-4H2/p+1. The van der Waals surface area contributed by atoms with E-state index in [1.165, 1.54) is 0 Å². The lowest BCUT2D eigenvalue weighted by Crippen LogP contribution is -2.51. The quantitative estimate of drug-likeness (QED) is 0.404. The maximum absolute atomic E-state index is 3.54. The molecule has 0 aliphatic rings. The first-order chi connectivity index (χ1) is 2.41. The Hall–Kier alpha value is -0.370. The molecular weight excluding hydrogens is 64.0 g/mol. The summed E-state index contributed by atoms with van der Waals surface area (Å²) in [4.78, 5) is 3.54. The molecule has 0 heterocycles. The average Bonchev–Trinajstić information content (AvgIpc) is 1.41. The van der Waals surface area contributed by atoms with Crippen molar-refractivity contribution >= 4 is 6.72 Å². The zero-order valence-corrected chi connectivity index (χ0v) is 3.28. The van der Waals surface area contributed by atoms with E-state index in [0.717, 1.165) is 13.1 Å². The van der Waals surface area contributed by atoms with Gasteiger partial charge < -0.3 is 5.73 Å². The van der Waals surface area contributed by atoms with Crippen LogP contribution in [0, 0.1) is 0 Å². The molecule has 30 valence electrons. The molecule has 5 heavy (non-hydrogen) atoms. The molecule has 0 rings (SSSR count). The lowest BCUT2D eigenvalue weighted by atomic mass is 10.7. The van der Waals surface area contributed by atoms with Crippen molar-refractivity contribution in [3.63, 3.8) is 0 Å². The molecule has 2 heteroatoms. The molecule has 0 aliphatic carbocycles. The zero-order chi connectivity index (χ0) is 4.12. The highest BCUT2D eigenvalue weighted by Crippen LogP contribution is 1.49. The highest BCUT2D eigenvalue weighted by Gasteiger charge is 1.65. The highest BCUT2D eigenvalue weighted by atomic mass is 14.7. The fourth-order valence-electron chi connectivity index (χ4n) is 0.112. The van der Waals surface area contributed by atoms with Crippen LogP contribution in [0.3, 0.4) is 0 Å². The topological polar surface area (TPSA) is 40.0 Å². The van der Waals surface area contributed by atoms with Crippen LogP contribution >= 0.6 is 0 Å². The van der Waals surface area contributed by atoms with E-state index in [4.69, 9.17) is 0 Å². The second-order valence-corrected chi connectivity index (χ2v) is 0.801. The van der Waals surface area contributed by atoms with Crippen molar-refractivity contribution in [2.45, 2.75) is 0 Å². The number of nitrogens with zero attached hydrogens (tertiary/aromatic N) is 1. The monoisotopic (exact) mass is 73.1 g/mol. The lowest BCUT2D eigenvalue weighted by Gasteiger charge is -1.72. The average molecular weight is 73.1 g/mol. The normalized spacial score (nSPS) is 7.40. The predicted molar refractivity (Wildman–Crippen MR) is 22.2 cm³/mol. The van der Waals surface area contributed by atoms with Gasteiger partial charge in [0.1, 0.15) is 0 Å². The molecule has 0 atom stereocenters. The molecule has 0 unspecified atom stereocenters.